The van der Waals surface area contributed by atoms with Gasteiger partial charge in [0, 0.05) is 30.1 Å². The molecule has 102 valence electrons. The lowest BCUT2D eigenvalue weighted by molar-refractivity contribution is 0.451. The van der Waals surface area contributed by atoms with E-state index in [-0.39, 0.29) is 0 Å². The minimum Gasteiger partial charge on any atom is -0.308 e. The number of aryl methyl sites for hydroxylation is 1. The minimum absolute atomic E-state index is 0.505. The third-order valence-electron chi connectivity index (χ3n) is 4.13. The smallest absolute Gasteiger partial charge is 0.0924 e. The lowest BCUT2D eigenvalue weighted by atomic mass is 9.94. The van der Waals surface area contributed by atoms with E-state index in [0.717, 1.165) is 30.6 Å². The fraction of sp³-hybridized carbons (Fsp3) is 0.333. The molecule has 0 aliphatic heterocycles. The summed E-state index contributed by atoms with van der Waals surface area (Å²) < 4.78 is 0. The molecule has 0 spiro atoms. The molecule has 20 heavy (non-hydrogen) atoms. The van der Waals surface area contributed by atoms with E-state index in [0.29, 0.717) is 6.04 Å². The Kier molecular flexibility index (Phi) is 2.77. The molecule has 2 heterocycles. The number of benzene rings is 1. The van der Waals surface area contributed by atoms with E-state index < -0.39 is 0 Å². The quantitative estimate of drug-likeness (QED) is 0.679. The fourth-order valence-electron chi connectivity index (χ4n) is 2.98. The first-order valence-corrected chi connectivity index (χ1v) is 7.06. The van der Waals surface area contributed by atoms with Gasteiger partial charge in [-0.15, -0.1) is 0 Å². The van der Waals surface area contributed by atoms with E-state index in [1.807, 2.05) is 18.3 Å². The van der Waals surface area contributed by atoms with Gasteiger partial charge in [0.2, 0.25) is 0 Å². The normalized spacial score (nSPS) is 18.3. The fourth-order valence-corrected chi connectivity index (χ4v) is 2.98. The standard InChI is InChI=1S/C15H17N5/c1-2-4-13-12(3-1)15(20-19-13)9-16-11-6-5-10-8-17-18-14(10)7-11/h1-4,8,11,16H,5-7,9H2,(H,17,18)(H,19,20). The SMILES string of the molecule is c1ccc2c(CNC3CCc4cn[nH]c4C3)[nH]nc2c1. The van der Waals surface area contributed by atoms with Crippen LogP contribution in [0.3, 0.4) is 0 Å². The third-order valence-corrected chi connectivity index (χ3v) is 4.13. The number of aromatic nitrogens is 4. The summed E-state index contributed by atoms with van der Waals surface area (Å²) in [4.78, 5) is 0. The van der Waals surface area contributed by atoms with Crippen molar-refractivity contribution in [2.24, 2.45) is 0 Å². The highest BCUT2D eigenvalue weighted by atomic mass is 15.1. The van der Waals surface area contributed by atoms with Gasteiger partial charge < -0.3 is 5.32 Å². The molecular formula is C15H17N5. The molecule has 0 bridgehead atoms. The molecule has 5 nitrogen and oxygen atoms in total. The van der Waals surface area contributed by atoms with E-state index in [2.05, 4.69) is 37.8 Å². The third kappa shape index (κ3) is 2.00. The second kappa shape index (κ2) is 4.76. The van der Waals surface area contributed by atoms with Crippen molar-refractivity contribution in [1.29, 1.82) is 0 Å². The summed E-state index contributed by atoms with van der Waals surface area (Å²) >= 11 is 0. The summed E-state index contributed by atoms with van der Waals surface area (Å²) in [6.45, 7) is 0.828. The Balaban J connectivity index is 1.46. The molecule has 0 fully saturated rings. The topological polar surface area (TPSA) is 69.4 Å². The molecule has 3 N–H and O–H groups in total. The highest BCUT2D eigenvalue weighted by Gasteiger charge is 2.19. The number of hydrogen-bond acceptors (Lipinski definition) is 3. The average Bonchev–Trinajstić information content (AvgIpc) is 3.11. The van der Waals surface area contributed by atoms with Crippen molar-refractivity contribution in [2.45, 2.75) is 31.8 Å². The van der Waals surface area contributed by atoms with Gasteiger partial charge in [-0.05, 0) is 24.5 Å². The first-order valence-electron chi connectivity index (χ1n) is 7.06. The van der Waals surface area contributed by atoms with Gasteiger partial charge >= 0.3 is 0 Å². The molecule has 3 aromatic rings. The number of fused-ring (bicyclic) bond motifs is 2. The Labute approximate surface area is 116 Å². The summed E-state index contributed by atoms with van der Waals surface area (Å²) in [6, 6.07) is 8.72. The molecule has 0 saturated carbocycles. The van der Waals surface area contributed by atoms with Gasteiger partial charge in [0.1, 0.15) is 0 Å². The molecule has 1 unspecified atom stereocenters. The maximum absolute atomic E-state index is 4.33. The van der Waals surface area contributed by atoms with Crippen LogP contribution in [0.1, 0.15) is 23.4 Å². The first-order chi connectivity index (χ1) is 9.90. The molecule has 4 rings (SSSR count). The Morgan fingerprint density at radius 1 is 1.25 bits per heavy atom. The predicted octanol–water partition coefficient (Wildman–Crippen LogP) is 1.93. The van der Waals surface area contributed by atoms with Crippen molar-refractivity contribution in [2.75, 3.05) is 0 Å². The summed E-state index contributed by atoms with van der Waals surface area (Å²) in [5, 5.41) is 19.5. The van der Waals surface area contributed by atoms with E-state index in [1.165, 1.54) is 23.1 Å². The maximum Gasteiger partial charge on any atom is 0.0924 e. The van der Waals surface area contributed by atoms with Crippen LogP contribution < -0.4 is 5.32 Å². The lowest BCUT2D eigenvalue weighted by Crippen LogP contribution is -2.34. The number of rotatable bonds is 3. The Morgan fingerprint density at radius 3 is 3.20 bits per heavy atom. The summed E-state index contributed by atoms with van der Waals surface area (Å²) in [5.41, 5.74) is 4.85. The van der Waals surface area contributed by atoms with Crippen LogP contribution in [0.2, 0.25) is 0 Å². The molecule has 1 aliphatic carbocycles. The Hall–Kier alpha value is -2.14. The number of aromatic amines is 2. The number of nitrogens with one attached hydrogen (secondary N) is 3. The molecule has 5 heteroatoms. The van der Waals surface area contributed by atoms with Crippen LogP contribution in [0.15, 0.2) is 30.5 Å². The van der Waals surface area contributed by atoms with Crippen molar-refractivity contribution in [3.8, 4) is 0 Å². The molecule has 1 aliphatic rings. The molecule has 1 aromatic carbocycles. The van der Waals surface area contributed by atoms with Gasteiger partial charge in [-0.1, -0.05) is 18.2 Å². The van der Waals surface area contributed by atoms with Crippen LogP contribution in [-0.4, -0.2) is 26.4 Å². The van der Waals surface area contributed by atoms with Crippen molar-refractivity contribution < 1.29 is 0 Å². The van der Waals surface area contributed by atoms with Crippen LogP contribution in [-0.2, 0) is 19.4 Å². The molecule has 0 saturated heterocycles. The van der Waals surface area contributed by atoms with Crippen molar-refractivity contribution in [1.82, 2.24) is 25.7 Å². The Morgan fingerprint density at radius 2 is 2.20 bits per heavy atom. The van der Waals surface area contributed by atoms with E-state index in [9.17, 15) is 0 Å². The second-order valence-corrected chi connectivity index (χ2v) is 5.41. The minimum atomic E-state index is 0.505. The zero-order valence-corrected chi connectivity index (χ0v) is 11.2. The van der Waals surface area contributed by atoms with Crippen molar-refractivity contribution in [3.05, 3.63) is 47.4 Å². The van der Waals surface area contributed by atoms with Crippen LogP contribution in [0, 0.1) is 0 Å². The van der Waals surface area contributed by atoms with Gasteiger partial charge in [0.05, 0.1) is 17.4 Å². The van der Waals surface area contributed by atoms with Gasteiger partial charge in [-0.25, -0.2) is 0 Å². The highest BCUT2D eigenvalue weighted by Crippen LogP contribution is 2.20. The largest absolute Gasteiger partial charge is 0.308 e. The maximum atomic E-state index is 4.33. The summed E-state index contributed by atoms with van der Waals surface area (Å²) in [6.07, 6.45) is 5.25. The summed E-state index contributed by atoms with van der Waals surface area (Å²) in [5.74, 6) is 0. The van der Waals surface area contributed by atoms with Crippen LogP contribution in [0.4, 0.5) is 0 Å². The predicted molar refractivity (Wildman–Crippen MR) is 77.3 cm³/mol. The zero-order chi connectivity index (χ0) is 13.4. The van der Waals surface area contributed by atoms with Crippen LogP contribution in [0.25, 0.3) is 10.9 Å². The van der Waals surface area contributed by atoms with E-state index in [1.54, 1.807) is 0 Å². The van der Waals surface area contributed by atoms with E-state index >= 15 is 0 Å². The van der Waals surface area contributed by atoms with E-state index in [4.69, 9.17) is 0 Å². The second-order valence-electron chi connectivity index (χ2n) is 5.41. The van der Waals surface area contributed by atoms with Crippen LogP contribution >= 0.6 is 0 Å². The molecule has 1 atom stereocenters. The number of hydrogen-bond donors (Lipinski definition) is 3. The first kappa shape index (κ1) is 11.7. The zero-order valence-electron chi connectivity index (χ0n) is 11.2. The van der Waals surface area contributed by atoms with Crippen molar-refractivity contribution in [3.63, 3.8) is 0 Å². The van der Waals surface area contributed by atoms with Crippen molar-refractivity contribution >= 4 is 10.9 Å². The number of H-pyrrole nitrogens is 2. The molecule has 2 aromatic heterocycles. The number of para-hydroxylation sites is 1. The molecule has 0 radical (unpaired) electrons. The van der Waals surface area contributed by atoms with Gasteiger partial charge in [-0.3, -0.25) is 10.2 Å². The monoisotopic (exact) mass is 267 g/mol. The summed E-state index contributed by atoms with van der Waals surface area (Å²) in [7, 11) is 0. The lowest BCUT2D eigenvalue weighted by Gasteiger charge is -2.22. The van der Waals surface area contributed by atoms with Crippen LogP contribution in [0.5, 0.6) is 0 Å². The average molecular weight is 267 g/mol. The molecule has 0 amide bonds. The van der Waals surface area contributed by atoms with Gasteiger partial charge in [0.15, 0.2) is 0 Å². The number of nitrogens with zero attached hydrogens (tertiary/aromatic N) is 2. The Bertz CT molecular complexity index is 727. The van der Waals surface area contributed by atoms with Gasteiger partial charge in [-0.2, -0.15) is 10.2 Å². The van der Waals surface area contributed by atoms with Gasteiger partial charge in [0.25, 0.3) is 0 Å². The highest BCUT2D eigenvalue weighted by molar-refractivity contribution is 5.81. The molecular weight excluding hydrogens is 250 g/mol.